The Morgan fingerprint density at radius 1 is 0.925 bits per heavy atom. The van der Waals surface area contributed by atoms with Crippen molar-refractivity contribution in [2.45, 2.75) is 31.0 Å². The molecule has 5 rings (SSSR count). The third-order valence-electron chi connectivity index (χ3n) is 6.81. The number of β-lactam (4-membered cyclic amide) rings is 1. The summed E-state index contributed by atoms with van der Waals surface area (Å²) in [6.45, 7) is -0.303. The van der Waals surface area contributed by atoms with Crippen molar-refractivity contribution < 1.29 is 32.6 Å². The van der Waals surface area contributed by atoms with Gasteiger partial charge in [-0.05, 0) is 41.7 Å². The fourth-order valence-corrected chi connectivity index (χ4v) is 4.98. The maximum absolute atomic E-state index is 13.6. The zero-order valence-electron chi connectivity index (χ0n) is 21.3. The molecule has 3 aromatic rings. The number of para-hydroxylation sites is 1. The largest absolute Gasteiger partial charge is 0.484 e. The number of nitrogens with one attached hydrogen (secondary N) is 1. The minimum absolute atomic E-state index is 0.00617. The van der Waals surface area contributed by atoms with E-state index in [9.17, 15) is 23.2 Å². The molecule has 2 aliphatic heterocycles. The summed E-state index contributed by atoms with van der Waals surface area (Å²) in [4.78, 5) is 40.5. The molecule has 1 fully saturated rings. The average molecular weight is 545 g/mol. The zero-order valence-corrected chi connectivity index (χ0v) is 21.3. The summed E-state index contributed by atoms with van der Waals surface area (Å²) < 4.78 is 38.1. The van der Waals surface area contributed by atoms with Gasteiger partial charge in [0.1, 0.15) is 17.5 Å². The van der Waals surface area contributed by atoms with Gasteiger partial charge in [0.05, 0.1) is 6.04 Å². The Hall–Kier alpha value is -4.79. The van der Waals surface area contributed by atoms with Crippen molar-refractivity contribution in [3.8, 4) is 5.75 Å². The van der Waals surface area contributed by atoms with Gasteiger partial charge in [-0.25, -0.2) is 4.79 Å². The van der Waals surface area contributed by atoms with E-state index < -0.39 is 42.1 Å². The summed E-state index contributed by atoms with van der Waals surface area (Å²) in [7, 11) is 0. The molecule has 204 valence electrons. The minimum atomic E-state index is -1.99. The number of amides is 2. The van der Waals surface area contributed by atoms with Crippen LogP contribution in [-0.2, 0) is 19.1 Å². The number of nitrogens with zero attached hydrogens (tertiary/aromatic N) is 1. The summed E-state index contributed by atoms with van der Waals surface area (Å²) in [5.74, 6) is -1.49. The SMILES string of the molecule is O=C(COc1ccccc1)NC1C(=O)N2C(C(=O)OC(c3ccccc3)c3ccccc3)=C(C=C(F)F)CCC12. The molecular formula is C31H26F2N2O5. The summed E-state index contributed by atoms with van der Waals surface area (Å²) in [6, 6.07) is 25.3. The fraction of sp³-hybridized carbons (Fsp3) is 0.194. The van der Waals surface area contributed by atoms with Crippen LogP contribution >= 0.6 is 0 Å². The van der Waals surface area contributed by atoms with Crippen LogP contribution in [0, 0.1) is 0 Å². The molecule has 0 radical (unpaired) electrons. The molecule has 2 heterocycles. The minimum Gasteiger partial charge on any atom is -0.484 e. The highest BCUT2D eigenvalue weighted by atomic mass is 19.3. The number of allylic oxidation sites excluding steroid dienone is 2. The molecule has 2 amide bonds. The van der Waals surface area contributed by atoms with Gasteiger partial charge < -0.3 is 14.8 Å². The van der Waals surface area contributed by atoms with Crippen molar-refractivity contribution in [2.24, 2.45) is 0 Å². The quantitative estimate of drug-likeness (QED) is 0.305. The van der Waals surface area contributed by atoms with Gasteiger partial charge in [-0.2, -0.15) is 8.78 Å². The van der Waals surface area contributed by atoms with E-state index in [0.29, 0.717) is 23.0 Å². The molecule has 3 aromatic carbocycles. The highest BCUT2D eigenvalue weighted by Gasteiger charge is 2.53. The normalized spacial score (nSPS) is 18.0. The summed E-state index contributed by atoms with van der Waals surface area (Å²) in [6.07, 6.45) is -1.83. The van der Waals surface area contributed by atoms with Crippen molar-refractivity contribution in [3.05, 3.63) is 126 Å². The molecule has 9 heteroatoms. The average Bonchev–Trinajstić information content (AvgIpc) is 2.98. The molecule has 0 aliphatic carbocycles. The second kappa shape index (κ2) is 11.9. The van der Waals surface area contributed by atoms with Crippen LogP contribution in [0.1, 0.15) is 30.1 Å². The van der Waals surface area contributed by atoms with E-state index in [1.165, 1.54) is 0 Å². The smallest absolute Gasteiger partial charge is 0.356 e. The van der Waals surface area contributed by atoms with Crippen LogP contribution in [0.25, 0.3) is 0 Å². The molecule has 0 aromatic heterocycles. The molecule has 1 saturated heterocycles. The first-order valence-electron chi connectivity index (χ1n) is 12.8. The van der Waals surface area contributed by atoms with Crippen LogP contribution in [-0.4, -0.2) is 41.4 Å². The van der Waals surface area contributed by atoms with Crippen molar-refractivity contribution >= 4 is 17.8 Å². The number of rotatable bonds is 9. The molecule has 2 aliphatic rings. The third kappa shape index (κ3) is 5.78. The number of carbonyl (C=O) groups excluding carboxylic acids is 3. The van der Waals surface area contributed by atoms with E-state index in [-0.39, 0.29) is 30.7 Å². The first kappa shape index (κ1) is 26.8. The zero-order chi connectivity index (χ0) is 28.1. The lowest BCUT2D eigenvalue weighted by Crippen LogP contribution is -2.72. The lowest BCUT2D eigenvalue weighted by molar-refractivity contribution is -0.159. The van der Waals surface area contributed by atoms with E-state index in [2.05, 4.69) is 5.32 Å². The highest BCUT2D eigenvalue weighted by molar-refractivity contribution is 6.02. The number of esters is 1. The van der Waals surface area contributed by atoms with Crippen LogP contribution in [0.3, 0.4) is 0 Å². The Balaban J connectivity index is 1.36. The molecule has 2 unspecified atom stereocenters. The second-order valence-electron chi connectivity index (χ2n) is 9.38. The topological polar surface area (TPSA) is 84.9 Å². The van der Waals surface area contributed by atoms with Crippen LogP contribution < -0.4 is 10.1 Å². The fourth-order valence-electron chi connectivity index (χ4n) is 4.98. The number of halogens is 2. The lowest BCUT2D eigenvalue weighted by atomic mass is 9.83. The van der Waals surface area contributed by atoms with Gasteiger partial charge in [0.2, 0.25) is 0 Å². The molecule has 40 heavy (non-hydrogen) atoms. The first-order chi connectivity index (χ1) is 19.4. The molecule has 1 N–H and O–H groups in total. The van der Waals surface area contributed by atoms with Crippen molar-refractivity contribution in [2.75, 3.05) is 6.61 Å². The number of benzene rings is 3. The van der Waals surface area contributed by atoms with Crippen molar-refractivity contribution in [1.82, 2.24) is 10.2 Å². The summed E-state index contributed by atoms with van der Waals surface area (Å²) in [5, 5.41) is 2.65. The van der Waals surface area contributed by atoms with E-state index in [4.69, 9.17) is 9.47 Å². The van der Waals surface area contributed by atoms with Crippen molar-refractivity contribution in [1.29, 1.82) is 0 Å². The van der Waals surface area contributed by atoms with Gasteiger partial charge in [0.25, 0.3) is 17.9 Å². The first-order valence-corrected chi connectivity index (χ1v) is 12.8. The van der Waals surface area contributed by atoms with Gasteiger partial charge in [-0.1, -0.05) is 78.9 Å². The Kier molecular flexibility index (Phi) is 8.00. The van der Waals surface area contributed by atoms with Gasteiger partial charge >= 0.3 is 5.97 Å². The standard InChI is InChI=1S/C31H26F2N2O5/c32-25(33)18-22-16-17-24-27(34-26(36)19-39-23-14-8-3-9-15-23)30(37)35(24)28(22)31(38)40-29(20-10-4-1-5-11-20)21-12-6-2-7-13-21/h1-15,18,24,27,29H,16-17,19H2,(H,34,36). The van der Waals surface area contributed by atoms with Crippen LogP contribution in [0.5, 0.6) is 5.75 Å². The lowest BCUT2D eigenvalue weighted by Gasteiger charge is -2.50. The van der Waals surface area contributed by atoms with Crippen LogP contribution in [0.15, 0.2) is 114 Å². The number of hydrogen-bond donors (Lipinski definition) is 1. The van der Waals surface area contributed by atoms with Crippen molar-refractivity contribution in [3.63, 3.8) is 0 Å². The van der Waals surface area contributed by atoms with E-state index >= 15 is 0 Å². The Bertz CT molecular complexity index is 1400. The molecule has 0 bridgehead atoms. The third-order valence-corrected chi connectivity index (χ3v) is 6.81. The van der Waals surface area contributed by atoms with Gasteiger partial charge in [0, 0.05) is 6.08 Å². The predicted octanol–water partition coefficient (Wildman–Crippen LogP) is 4.92. The maximum atomic E-state index is 13.6. The van der Waals surface area contributed by atoms with Gasteiger partial charge in [-0.15, -0.1) is 0 Å². The summed E-state index contributed by atoms with van der Waals surface area (Å²) in [5.41, 5.74) is 1.13. The highest BCUT2D eigenvalue weighted by Crippen LogP contribution is 2.39. The Morgan fingerprint density at radius 3 is 2.08 bits per heavy atom. The number of fused-ring (bicyclic) bond motifs is 1. The molecule has 7 nitrogen and oxygen atoms in total. The molecule has 0 spiro atoms. The summed E-state index contributed by atoms with van der Waals surface area (Å²) >= 11 is 0. The van der Waals surface area contributed by atoms with E-state index in [0.717, 1.165) is 4.90 Å². The second-order valence-corrected chi connectivity index (χ2v) is 9.38. The maximum Gasteiger partial charge on any atom is 0.356 e. The van der Waals surface area contributed by atoms with Gasteiger partial charge in [-0.3, -0.25) is 14.5 Å². The van der Waals surface area contributed by atoms with Crippen LogP contribution in [0.4, 0.5) is 8.78 Å². The Morgan fingerprint density at radius 2 is 1.50 bits per heavy atom. The Labute approximate surface area is 229 Å². The van der Waals surface area contributed by atoms with E-state index in [1.807, 2.05) is 18.2 Å². The number of carbonyl (C=O) groups is 3. The molecule has 2 atom stereocenters. The van der Waals surface area contributed by atoms with E-state index in [1.54, 1.807) is 72.8 Å². The predicted molar refractivity (Wildman–Crippen MR) is 142 cm³/mol. The number of ether oxygens (including phenoxy) is 2. The molecule has 0 saturated carbocycles. The number of hydrogen-bond acceptors (Lipinski definition) is 5. The van der Waals surface area contributed by atoms with Gasteiger partial charge in [0.15, 0.2) is 12.7 Å². The monoisotopic (exact) mass is 544 g/mol. The molecular weight excluding hydrogens is 518 g/mol. The van der Waals surface area contributed by atoms with Crippen LogP contribution in [0.2, 0.25) is 0 Å².